The second kappa shape index (κ2) is 12.5. The number of hydrogen-bond donors (Lipinski definition) is 0. The van der Waals surface area contributed by atoms with E-state index in [1.807, 2.05) is 12.1 Å². The van der Waals surface area contributed by atoms with E-state index in [0.29, 0.717) is 0 Å². The lowest BCUT2D eigenvalue weighted by molar-refractivity contribution is 0.670. The first-order valence-electron chi connectivity index (χ1n) is 17.8. The summed E-state index contributed by atoms with van der Waals surface area (Å²) < 4.78 is 6.40. The van der Waals surface area contributed by atoms with Crippen LogP contribution in [0.1, 0.15) is 0 Å². The van der Waals surface area contributed by atoms with Gasteiger partial charge in [-0.15, -0.1) is 0 Å². The Kier molecular flexibility index (Phi) is 7.18. The third-order valence-electron chi connectivity index (χ3n) is 10.3. The third-order valence-corrected chi connectivity index (χ3v) is 10.3. The molecular formula is C50H33NO. The smallest absolute Gasteiger partial charge is 0.143 e. The maximum Gasteiger partial charge on any atom is 0.143 e. The minimum absolute atomic E-state index is 0.908. The average Bonchev–Trinajstić information content (AvgIpc) is 3.61. The molecule has 0 aliphatic carbocycles. The minimum atomic E-state index is 0.908. The lowest BCUT2D eigenvalue weighted by atomic mass is 9.93. The molecule has 2 nitrogen and oxygen atoms in total. The molecule has 0 saturated carbocycles. The highest BCUT2D eigenvalue weighted by Crippen LogP contribution is 2.44. The van der Waals surface area contributed by atoms with Crippen LogP contribution in [0.4, 0.5) is 17.1 Å². The van der Waals surface area contributed by atoms with Crippen LogP contribution in [0, 0.1) is 0 Å². The molecular weight excluding hydrogens is 631 g/mol. The molecule has 10 rings (SSSR count). The second-order valence-electron chi connectivity index (χ2n) is 13.3. The number of fused-ring (bicyclic) bond motifs is 6. The Bertz CT molecular complexity index is 2890. The fourth-order valence-electron chi connectivity index (χ4n) is 7.71. The lowest BCUT2D eigenvalue weighted by Crippen LogP contribution is -2.11. The highest BCUT2D eigenvalue weighted by atomic mass is 16.3. The molecule has 244 valence electrons. The van der Waals surface area contributed by atoms with Gasteiger partial charge in [0.25, 0.3) is 0 Å². The van der Waals surface area contributed by atoms with Gasteiger partial charge in [0.1, 0.15) is 11.2 Å². The molecule has 1 aromatic heterocycles. The van der Waals surface area contributed by atoms with Gasteiger partial charge in [-0.2, -0.15) is 0 Å². The van der Waals surface area contributed by atoms with Crippen molar-refractivity contribution in [3.8, 4) is 33.4 Å². The second-order valence-corrected chi connectivity index (χ2v) is 13.3. The molecule has 1 heterocycles. The maximum atomic E-state index is 6.40. The number of rotatable bonds is 6. The van der Waals surface area contributed by atoms with Gasteiger partial charge in [0, 0.05) is 33.3 Å². The van der Waals surface area contributed by atoms with Crippen LogP contribution < -0.4 is 4.90 Å². The van der Waals surface area contributed by atoms with Crippen molar-refractivity contribution in [2.75, 3.05) is 4.90 Å². The van der Waals surface area contributed by atoms with Gasteiger partial charge in [0.05, 0.1) is 5.69 Å². The molecule has 52 heavy (non-hydrogen) atoms. The van der Waals surface area contributed by atoms with Crippen LogP contribution in [-0.4, -0.2) is 0 Å². The maximum absolute atomic E-state index is 6.40. The Labute approximate surface area is 302 Å². The van der Waals surface area contributed by atoms with Crippen molar-refractivity contribution in [2.24, 2.45) is 0 Å². The molecule has 0 fully saturated rings. The topological polar surface area (TPSA) is 16.4 Å². The van der Waals surface area contributed by atoms with E-state index in [0.717, 1.165) is 55.7 Å². The summed E-state index contributed by atoms with van der Waals surface area (Å²) in [6.45, 7) is 0. The molecule has 0 atom stereocenters. The van der Waals surface area contributed by atoms with Crippen LogP contribution in [0.5, 0.6) is 0 Å². The van der Waals surface area contributed by atoms with Crippen LogP contribution in [0.2, 0.25) is 0 Å². The number of hydrogen-bond acceptors (Lipinski definition) is 2. The largest absolute Gasteiger partial charge is 0.455 e. The first kappa shape index (κ1) is 30.0. The van der Waals surface area contributed by atoms with Crippen molar-refractivity contribution in [2.45, 2.75) is 0 Å². The van der Waals surface area contributed by atoms with Crippen molar-refractivity contribution < 1.29 is 4.42 Å². The first-order valence-corrected chi connectivity index (χ1v) is 17.8. The highest BCUT2D eigenvalue weighted by molar-refractivity contribution is 6.10. The Morgan fingerprint density at radius 3 is 1.73 bits per heavy atom. The molecule has 0 unspecified atom stereocenters. The molecule has 9 aromatic carbocycles. The Morgan fingerprint density at radius 2 is 0.904 bits per heavy atom. The number of para-hydroxylation sites is 3. The summed E-state index contributed by atoms with van der Waals surface area (Å²) >= 11 is 0. The predicted molar refractivity (Wildman–Crippen MR) is 220 cm³/mol. The van der Waals surface area contributed by atoms with Gasteiger partial charge in [0.15, 0.2) is 0 Å². The van der Waals surface area contributed by atoms with Crippen molar-refractivity contribution in [3.63, 3.8) is 0 Å². The summed E-state index contributed by atoms with van der Waals surface area (Å²) in [7, 11) is 0. The highest BCUT2D eigenvalue weighted by Gasteiger charge is 2.19. The molecule has 2 heteroatoms. The van der Waals surface area contributed by atoms with E-state index in [1.54, 1.807) is 0 Å². The van der Waals surface area contributed by atoms with Gasteiger partial charge in [-0.25, -0.2) is 0 Å². The molecule has 0 spiro atoms. The van der Waals surface area contributed by atoms with E-state index in [4.69, 9.17) is 4.42 Å². The fraction of sp³-hybridized carbons (Fsp3) is 0. The van der Waals surface area contributed by atoms with Crippen LogP contribution in [0.3, 0.4) is 0 Å². The summed E-state index contributed by atoms with van der Waals surface area (Å²) in [5, 5.41) is 7.32. The number of furan rings is 1. The van der Waals surface area contributed by atoms with Crippen LogP contribution >= 0.6 is 0 Å². The average molecular weight is 664 g/mol. The minimum Gasteiger partial charge on any atom is -0.455 e. The van der Waals surface area contributed by atoms with E-state index in [2.05, 4.69) is 193 Å². The summed E-state index contributed by atoms with van der Waals surface area (Å²) in [6, 6.07) is 71.7. The zero-order chi connectivity index (χ0) is 34.4. The predicted octanol–water partition coefficient (Wildman–Crippen LogP) is 14.4. The summed E-state index contributed by atoms with van der Waals surface area (Å²) in [5.41, 5.74) is 12.0. The van der Waals surface area contributed by atoms with E-state index in [1.165, 1.54) is 38.2 Å². The molecule has 0 N–H and O–H groups in total. The van der Waals surface area contributed by atoms with Crippen LogP contribution in [-0.2, 0) is 0 Å². The standard InChI is InChI=1S/C50H33NO/c1-3-12-34(13-4-1)47-33-39(38-25-24-37-23-22-35-14-7-8-17-42(35)46(37)32-38)28-31-48(47)51(40-15-5-2-6-16-40)41-29-26-36(27-30-41)43-19-11-20-45-44-18-9-10-21-49(44)52-50(43)45/h1-33H. The number of nitrogens with zero attached hydrogens (tertiary/aromatic N) is 1. The zero-order valence-electron chi connectivity index (χ0n) is 28.4. The number of benzene rings is 9. The van der Waals surface area contributed by atoms with Gasteiger partial charge in [-0.05, 0) is 92.3 Å². The summed E-state index contributed by atoms with van der Waals surface area (Å²) in [6.07, 6.45) is 0. The molecule has 0 aliphatic rings. The Hall–Kier alpha value is -6.90. The lowest BCUT2D eigenvalue weighted by Gasteiger charge is -2.28. The van der Waals surface area contributed by atoms with Gasteiger partial charge in [-0.3, -0.25) is 0 Å². The normalized spacial score (nSPS) is 11.5. The zero-order valence-corrected chi connectivity index (χ0v) is 28.4. The molecule has 0 radical (unpaired) electrons. The molecule has 0 saturated heterocycles. The third kappa shape index (κ3) is 5.12. The summed E-state index contributed by atoms with van der Waals surface area (Å²) in [4.78, 5) is 2.37. The summed E-state index contributed by atoms with van der Waals surface area (Å²) in [5.74, 6) is 0. The van der Waals surface area contributed by atoms with Crippen LogP contribution in [0.25, 0.3) is 76.9 Å². The molecule has 0 aliphatic heterocycles. The SMILES string of the molecule is c1ccc(-c2cc(-c3ccc4ccc5ccccc5c4c3)ccc2N(c2ccccc2)c2ccc(-c3cccc4c3oc3ccccc34)cc2)cc1. The molecule has 10 aromatic rings. The molecule has 0 bridgehead atoms. The fourth-order valence-corrected chi connectivity index (χ4v) is 7.71. The monoisotopic (exact) mass is 663 g/mol. The van der Waals surface area contributed by atoms with Gasteiger partial charge in [0.2, 0.25) is 0 Å². The van der Waals surface area contributed by atoms with Gasteiger partial charge < -0.3 is 9.32 Å². The van der Waals surface area contributed by atoms with E-state index < -0.39 is 0 Å². The van der Waals surface area contributed by atoms with E-state index in [9.17, 15) is 0 Å². The molecule has 0 amide bonds. The van der Waals surface area contributed by atoms with Crippen molar-refractivity contribution >= 4 is 60.5 Å². The van der Waals surface area contributed by atoms with Gasteiger partial charge in [-0.1, -0.05) is 152 Å². The number of anilines is 3. The quantitative estimate of drug-likeness (QED) is 0.165. The Morgan fingerprint density at radius 1 is 0.327 bits per heavy atom. The van der Waals surface area contributed by atoms with Crippen molar-refractivity contribution in [1.29, 1.82) is 0 Å². The van der Waals surface area contributed by atoms with E-state index in [-0.39, 0.29) is 0 Å². The van der Waals surface area contributed by atoms with Crippen molar-refractivity contribution in [3.05, 3.63) is 200 Å². The van der Waals surface area contributed by atoms with Crippen molar-refractivity contribution in [1.82, 2.24) is 0 Å². The van der Waals surface area contributed by atoms with Crippen LogP contribution in [0.15, 0.2) is 205 Å². The Balaban J connectivity index is 1.12. The first-order chi connectivity index (χ1) is 25.8. The van der Waals surface area contributed by atoms with E-state index >= 15 is 0 Å². The van der Waals surface area contributed by atoms with Gasteiger partial charge >= 0.3 is 0 Å².